The highest BCUT2D eigenvalue weighted by molar-refractivity contribution is 5.73. The number of aliphatic carboxylic acids is 1. The number of aryl methyl sites for hydroxylation is 1. The lowest BCUT2D eigenvalue weighted by Gasteiger charge is -2.17. The molecule has 0 spiro atoms. The molecular weight excluding hydrogens is 250 g/mol. The normalized spacial score (nSPS) is 12.2. The zero-order chi connectivity index (χ0) is 14.6. The fourth-order valence-corrected chi connectivity index (χ4v) is 1.65. The van der Waals surface area contributed by atoms with Gasteiger partial charge in [0, 0.05) is 6.07 Å². The van der Waals surface area contributed by atoms with E-state index in [0.29, 0.717) is 6.42 Å². The van der Waals surface area contributed by atoms with E-state index in [1.54, 1.807) is 13.0 Å². The molecule has 0 heterocycles. The molecule has 0 amide bonds. The van der Waals surface area contributed by atoms with Crippen LogP contribution in [0.25, 0.3) is 0 Å². The number of carboxylic acid groups (broad SMARTS) is 1. The number of nitro groups is 1. The Balaban J connectivity index is 3.04. The minimum Gasteiger partial charge on any atom is -0.479 e. The zero-order valence-corrected chi connectivity index (χ0v) is 11.1. The van der Waals surface area contributed by atoms with Crippen molar-refractivity contribution in [3.05, 3.63) is 33.9 Å². The molecule has 1 aromatic rings. The molecule has 0 aliphatic heterocycles. The number of nitrogens with zero attached hydrogens (tertiary/aromatic N) is 1. The van der Waals surface area contributed by atoms with Crippen molar-refractivity contribution in [3.8, 4) is 5.75 Å². The monoisotopic (exact) mass is 267 g/mol. The molecule has 6 heteroatoms. The predicted molar refractivity (Wildman–Crippen MR) is 69.3 cm³/mol. The third kappa shape index (κ3) is 4.24. The standard InChI is InChI=1S/C13H17NO5/c1-8(2)6-12(13(15)16)19-11-7-9(3)4-5-10(11)14(17)18/h4-5,7-8,12H,6H2,1-3H3,(H,15,16)/t12-/m1/s1. The molecular formula is C13H17NO5. The van der Waals surface area contributed by atoms with Crippen LogP contribution >= 0.6 is 0 Å². The van der Waals surface area contributed by atoms with Crippen molar-refractivity contribution in [3.63, 3.8) is 0 Å². The van der Waals surface area contributed by atoms with Crippen LogP contribution in [0.5, 0.6) is 5.75 Å². The van der Waals surface area contributed by atoms with E-state index in [-0.39, 0.29) is 17.4 Å². The van der Waals surface area contributed by atoms with E-state index in [9.17, 15) is 14.9 Å². The third-order valence-electron chi connectivity index (χ3n) is 2.54. The number of nitro benzene ring substituents is 1. The van der Waals surface area contributed by atoms with E-state index in [1.165, 1.54) is 12.1 Å². The van der Waals surface area contributed by atoms with Crippen LogP contribution in [-0.4, -0.2) is 22.1 Å². The van der Waals surface area contributed by atoms with Gasteiger partial charge in [-0.3, -0.25) is 10.1 Å². The summed E-state index contributed by atoms with van der Waals surface area (Å²) >= 11 is 0. The van der Waals surface area contributed by atoms with Crippen LogP contribution in [0.1, 0.15) is 25.8 Å². The Kier molecular flexibility index (Phi) is 4.86. The van der Waals surface area contributed by atoms with Crippen molar-refractivity contribution in [1.29, 1.82) is 0 Å². The quantitative estimate of drug-likeness (QED) is 0.632. The summed E-state index contributed by atoms with van der Waals surface area (Å²) in [6.07, 6.45) is -0.791. The first-order chi connectivity index (χ1) is 8.81. The summed E-state index contributed by atoms with van der Waals surface area (Å²) in [5, 5.41) is 20.0. The van der Waals surface area contributed by atoms with Crippen LogP contribution in [0.15, 0.2) is 18.2 Å². The number of carboxylic acids is 1. The maximum absolute atomic E-state index is 11.1. The average molecular weight is 267 g/mol. The van der Waals surface area contributed by atoms with Gasteiger partial charge in [0.2, 0.25) is 0 Å². The van der Waals surface area contributed by atoms with Gasteiger partial charge in [-0.1, -0.05) is 19.9 Å². The third-order valence-corrected chi connectivity index (χ3v) is 2.54. The summed E-state index contributed by atoms with van der Waals surface area (Å²) in [6, 6.07) is 4.39. The lowest BCUT2D eigenvalue weighted by Crippen LogP contribution is -2.28. The topological polar surface area (TPSA) is 89.7 Å². The van der Waals surface area contributed by atoms with Crippen LogP contribution < -0.4 is 4.74 Å². The van der Waals surface area contributed by atoms with Gasteiger partial charge >= 0.3 is 11.7 Å². The smallest absolute Gasteiger partial charge is 0.344 e. The van der Waals surface area contributed by atoms with Gasteiger partial charge in [-0.05, 0) is 30.9 Å². The van der Waals surface area contributed by atoms with E-state index in [2.05, 4.69) is 0 Å². The van der Waals surface area contributed by atoms with Crippen molar-refractivity contribution in [2.75, 3.05) is 0 Å². The molecule has 104 valence electrons. The Bertz CT molecular complexity index is 484. The Morgan fingerprint density at radius 1 is 1.47 bits per heavy atom. The van der Waals surface area contributed by atoms with Crippen LogP contribution in [0, 0.1) is 23.0 Å². The van der Waals surface area contributed by atoms with Crippen molar-refractivity contribution >= 4 is 11.7 Å². The summed E-state index contributed by atoms with van der Waals surface area (Å²) in [5.74, 6) is -1.01. The number of ether oxygens (including phenoxy) is 1. The van der Waals surface area contributed by atoms with Gasteiger partial charge in [0.1, 0.15) is 0 Å². The Morgan fingerprint density at radius 3 is 2.58 bits per heavy atom. The average Bonchev–Trinajstić information content (AvgIpc) is 2.26. The van der Waals surface area contributed by atoms with Gasteiger partial charge in [0.15, 0.2) is 11.9 Å². The molecule has 0 aliphatic rings. The van der Waals surface area contributed by atoms with E-state index >= 15 is 0 Å². The minimum atomic E-state index is -1.12. The van der Waals surface area contributed by atoms with Gasteiger partial charge in [0.05, 0.1) is 4.92 Å². The molecule has 0 aliphatic carbocycles. The first-order valence-electron chi connectivity index (χ1n) is 5.95. The van der Waals surface area contributed by atoms with Gasteiger partial charge in [-0.2, -0.15) is 0 Å². The Labute approximate surface area is 111 Å². The second kappa shape index (κ2) is 6.17. The summed E-state index contributed by atoms with van der Waals surface area (Å²) in [4.78, 5) is 21.4. The Morgan fingerprint density at radius 2 is 2.11 bits per heavy atom. The molecule has 0 fully saturated rings. The summed E-state index contributed by atoms with van der Waals surface area (Å²) < 4.78 is 5.32. The molecule has 0 saturated carbocycles. The molecule has 1 atom stereocenters. The van der Waals surface area contributed by atoms with Crippen LogP contribution in [0.2, 0.25) is 0 Å². The van der Waals surface area contributed by atoms with Gasteiger partial charge in [-0.25, -0.2) is 4.79 Å². The maximum atomic E-state index is 11.1. The highest BCUT2D eigenvalue weighted by Gasteiger charge is 2.25. The molecule has 0 unspecified atom stereocenters. The van der Waals surface area contributed by atoms with Crippen molar-refractivity contribution in [2.45, 2.75) is 33.3 Å². The number of hydrogen-bond donors (Lipinski definition) is 1. The molecule has 6 nitrogen and oxygen atoms in total. The number of benzene rings is 1. The van der Waals surface area contributed by atoms with E-state index in [4.69, 9.17) is 9.84 Å². The lowest BCUT2D eigenvalue weighted by molar-refractivity contribution is -0.386. The summed E-state index contributed by atoms with van der Waals surface area (Å²) in [6.45, 7) is 5.49. The first kappa shape index (κ1) is 14.9. The lowest BCUT2D eigenvalue weighted by atomic mass is 10.1. The highest BCUT2D eigenvalue weighted by Crippen LogP contribution is 2.29. The SMILES string of the molecule is Cc1ccc([N+](=O)[O-])c(O[C@H](CC(C)C)C(=O)O)c1. The van der Waals surface area contributed by atoms with Gasteiger partial charge in [0.25, 0.3) is 0 Å². The van der Waals surface area contributed by atoms with Crippen LogP contribution in [0.3, 0.4) is 0 Å². The van der Waals surface area contributed by atoms with Gasteiger partial charge in [-0.15, -0.1) is 0 Å². The minimum absolute atomic E-state index is 0.00181. The molecule has 1 aromatic carbocycles. The van der Waals surface area contributed by atoms with Crippen molar-refractivity contribution in [2.24, 2.45) is 5.92 Å². The molecule has 0 radical (unpaired) electrons. The molecule has 1 N–H and O–H groups in total. The summed E-state index contributed by atoms with van der Waals surface area (Å²) in [7, 11) is 0. The second-order valence-corrected chi connectivity index (χ2v) is 4.80. The predicted octanol–water partition coefficient (Wildman–Crippen LogP) is 2.78. The molecule has 19 heavy (non-hydrogen) atoms. The number of hydrogen-bond acceptors (Lipinski definition) is 4. The number of carbonyl (C=O) groups is 1. The number of rotatable bonds is 6. The largest absolute Gasteiger partial charge is 0.479 e. The maximum Gasteiger partial charge on any atom is 0.344 e. The highest BCUT2D eigenvalue weighted by atomic mass is 16.6. The van der Waals surface area contributed by atoms with E-state index < -0.39 is 17.0 Å². The second-order valence-electron chi connectivity index (χ2n) is 4.80. The molecule has 0 saturated heterocycles. The van der Waals surface area contributed by atoms with E-state index in [1.807, 2.05) is 13.8 Å². The fraction of sp³-hybridized carbons (Fsp3) is 0.462. The first-order valence-corrected chi connectivity index (χ1v) is 5.95. The van der Waals surface area contributed by atoms with Crippen LogP contribution in [-0.2, 0) is 4.79 Å². The molecule has 0 aromatic heterocycles. The van der Waals surface area contributed by atoms with E-state index in [0.717, 1.165) is 5.56 Å². The Hall–Kier alpha value is -2.11. The fourth-order valence-electron chi connectivity index (χ4n) is 1.65. The van der Waals surface area contributed by atoms with Crippen LogP contribution in [0.4, 0.5) is 5.69 Å². The van der Waals surface area contributed by atoms with Crippen molar-refractivity contribution < 1.29 is 19.6 Å². The summed E-state index contributed by atoms with van der Waals surface area (Å²) in [5.41, 5.74) is 0.551. The zero-order valence-electron chi connectivity index (χ0n) is 11.1. The molecule has 0 bridgehead atoms. The van der Waals surface area contributed by atoms with Crippen molar-refractivity contribution in [1.82, 2.24) is 0 Å². The molecule has 1 rings (SSSR count). The van der Waals surface area contributed by atoms with Gasteiger partial charge < -0.3 is 9.84 Å².